The monoisotopic (exact) mass is 226 g/mol. The van der Waals surface area contributed by atoms with E-state index in [-0.39, 0.29) is 0 Å². The van der Waals surface area contributed by atoms with Gasteiger partial charge in [-0.1, -0.05) is 24.6 Å². The van der Waals surface area contributed by atoms with Crippen molar-refractivity contribution >= 4 is 10.8 Å². The predicted molar refractivity (Wildman–Crippen MR) is 70.9 cm³/mol. The van der Waals surface area contributed by atoms with Gasteiger partial charge in [-0.2, -0.15) is 0 Å². The van der Waals surface area contributed by atoms with Crippen LogP contribution in [-0.2, 0) is 0 Å². The molecule has 2 heteroatoms. The van der Waals surface area contributed by atoms with Crippen molar-refractivity contribution in [2.45, 2.75) is 37.6 Å². The van der Waals surface area contributed by atoms with E-state index in [0.29, 0.717) is 12.0 Å². The summed E-state index contributed by atoms with van der Waals surface area (Å²) in [5.74, 6) is 0.629. The highest BCUT2D eigenvalue weighted by Gasteiger charge is 2.21. The molecule has 2 aromatic rings. The van der Waals surface area contributed by atoms with Gasteiger partial charge in [0.1, 0.15) is 0 Å². The van der Waals surface area contributed by atoms with Crippen LogP contribution in [0.5, 0.6) is 0 Å². The molecule has 2 unspecified atom stereocenters. The van der Waals surface area contributed by atoms with E-state index in [9.17, 15) is 0 Å². The molecular weight excluding hydrogens is 208 g/mol. The lowest BCUT2D eigenvalue weighted by atomic mass is 9.80. The number of pyridine rings is 1. The van der Waals surface area contributed by atoms with Gasteiger partial charge in [0.05, 0.1) is 0 Å². The molecule has 0 radical (unpaired) electrons. The SMILES string of the molecule is NC1CCCC(c2cccc3cnccc23)C1. The number of rotatable bonds is 1. The molecule has 0 aliphatic heterocycles. The average Bonchev–Trinajstić information content (AvgIpc) is 2.38. The van der Waals surface area contributed by atoms with E-state index in [0.717, 1.165) is 6.42 Å². The second-order valence-corrected chi connectivity index (χ2v) is 5.07. The fourth-order valence-electron chi connectivity index (χ4n) is 3.01. The summed E-state index contributed by atoms with van der Waals surface area (Å²) in [6.45, 7) is 0. The summed E-state index contributed by atoms with van der Waals surface area (Å²) in [5.41, 5.74) is 7.55. The van der Waals surface area contributed by atoms with Crippen LogP contribution >= 0.6 is 0 Å². The highest BCUT2D eigenvalue weighted by atomic mass is 14.6. The lowest BCUT2D eigenvalue weighted by molar-refractivity contribution is 0.395. The summed E-state index contributed by atoms with van der Waals surface area (Å²) in [6, 6.07) is 9.04. The average molecular weight is 226 g/mol. The van der Waals surface area contributed by atoms with E-state index in [4.69, 9.17) is 5.73 Å². The molecule has 2 N–H and O–H groups in total. The standard InChI is InChI=1S/C15H18N2/c16-13-5-1-3-11(9-13)14-6-2-4-12-10-17-8-7-15(12)14/h2,4,6-8,10-11,13H,1,3,5,9,16H2. The van der Waals surface area contributed by atoms with Crippen LogP contribution in [0.3, 0.4) is 0 Å². The smallest absolute Gasteiger partial charge is 0.0346 e. The fraction of sp³-hybridized carbons (Fsp3) is 0.400. The van der Waals surface area contributed by atoms with Crippen molar-refractivity contribution in [1.82, 2.24) is 4.98 Å². The Balaban J connectivity index is 2.04. The predicted octanol–water partition coefficient (Wildman–Crippen LogP) is 3.22. The molecule has 2 atom stereocenters. The van der Waals surface area contributed by atoms with Crippen LogP contribution in [-0.4, -0.2) is 11.0 Å². The van der Waals surface area contributed by atoms with Gasteiger partial charge in [-0.25, -0.2) is 0 Å². The summed E-state index contributed by atoms with van der Waals surface area (Å²) < 4.78 is 0. The summed E-state index contributed by atoms with van der Waals surface area (Å²) >= 11 is 0. The lowest BCUT2D eigenvalue weighted by Crippen LogP contribution is -2.26. The molecule has 17 heavy (non-hydrogen) atoms. The van der Waals surface area contributed by atoms with Gasteiger partial charge in [-0.05, 0) is 42.2 Å². The van der Waals surface area contributed by atoms with Crippen molar-refractivity contribution in [2.75, 3.05) is 0 Å². The van der Waals surface area contributed by atoms with Crippen molar-refractivity contribution in [3.63, 3.8) is 0 Å². The maximum absolute atomic E-state index is 6.09. The molecule has 1 fully saturated rings. The largest absolute Gasteiger partial charge is 0.328 e. The first-order valence-electron chi connectivity index (χ1n) is 6.43. The summed E-state index contributed by atoms with van der Waals surface area (Å²) in [5, 5.41) is 2.59. The van der Waals surface area contributed by atoms with Crippen molar-refractivity contribution < 1.29 is 0 Å². The molecule has 0 saturated heterocycles. The zero-order valence-corrected chi connectivity index (χ0v) is 9.97. The van der Waals surface area contributed by atoms with Gasteiger partial charge in [0.2, 0.25) is 0 Å². The maximum atomic E-state index is 6.09. The van der Waals surface area contributed by atoms with Crippen LogP contribution in [0.25, 0.3) is 10.8 Å². The summed E-state index contributed by atoms with van der Waals surface area (Å²) in [7, 11) is 0. The minimum Gasteiger partial charge on any atom is -0.328 e. The van der Waals surface area contributed by atoms with Gasteiger partial charge in [-0.15, -0.1) is 0 Å². The van der Waals surface area contributed by atoms with E-state index in [1.807, 2.05) is 12.4 Å². The zero-order chi connectivity index (χ0) is 11.7. The Kier molecular flexibility index (Phi) is 2.81. The van der Waals surface area contributed by atoms with Crippen LogP contribution in [0.1, 0.15) is 37.2 Å². The molecule has 1 aliphatic carbocycles. The molecule has 0 spiro atoms. The quantitative estimate of drug-likeness (QED) is 0.811. The maximum Gasteiger partial charge on any atom is 0.0346 e. The molecule has 88 valence electrons. The minimum atomic E-state index is 0.380. The number of hydrogen-bond acceptors (Lipinski definition) is 2. The van der Waals surface area contributed by atoms with Crippen molar-refractivity contribution in [1.29, 1.82) is 0 Å². The third kappa shape index (κ3) is 2.05. The number of nitrogens with two attached hydrogens (primary N) is 1. The second kappa shape index (κ2) is 4.46. The van der Waals surface area contributed by atoms with Crippen molar-refractivity contribution in [3.8, 4) is 0 Å². The molecule has 1 saturated carbocycles. The second-order valence-electron chi connectivity index (χ2n) is 5.07. The van der Waals surface area contributed by atoms with Gasteiger partial charge in [-0.3, -0.25) is 4.98 Å². The number of benzene rings is 1. The lowest BCUT2D eigenvalue weighted by Gasteiger charge is -2.27. The first kappa shape index (κ1) is 10.7. The molecule has 0 bridgehead atoms. The Morgan fingerprint density at radius 3 is 3.00 bits per heavy atom. The van der Waals surface area contributed by atoms with Crippen molar-refractivity contribution in [2.24, 2.45) is 5.73 Å². The third-order valence-corrected chi connectivity index (χ3v) is 3.87. The van der Waals surface area contributed by atoms with Gasteiger partial charge >= 0.3 is 0 Å². The third-order valence-electron chi connectivity index (χ3n) is 3.87. The molecule has 1 aromatic heterocycles. The number of fused-ring (bicyclic) bond motifs is 1. The first-order chi connectivity index (χ1) is 8.34. The normalized spacial score (nSPS) is 25.0. The van der Waals surface area contributed by atoms with E-state index >= 15 is 0 Å². The Labute approximate surface area is 102 Å². The van der Waals surface area contributed by atoms with Crippen LogP contribution in [0.4, 0.5) is 0 Å². The van der Waals surface area contributed by atoms with Gasteiger partial charge < -0.3 is 5.73 Å². The topological polar surface area (TPSA) is 38.9 Å². The highest BCUT2D eigenvalue weighted by Crippen LogP contribution is 2.35. The Bertz CT molecular complexity index is 516. The highest BCUT2D eigenvalue weighted by molar-refractivity contribution is 5.85. The van der Waals surface area contributed by atoms with Gasteiger partial charge in [0.15, 0.2) is 0 Å². The van der Waals surface area contributed by atoms with Crippen LogP contribution in [0.15, 0.2) is 36.7 Å². The number of hydrogen-bond donors (Lipinski definition) is 1. The molecule has 2 nitrogen and oxygen atoms in total. The first-order valence-corrected chi connectivity index (χ1v) is 6.43. The Hall–Kier alpha value is -1.41. The van der Waals surface area contributed by atoms with Gasteiger partial charge in [0.25, 0.3) is 0 Å². The molecular formula is C15H18N2. The summed E-state index contributed by atoms with van der Waals surface area (Å²) in [4.78, 5) is 4.19. The van der Waals surface area contributed by atoms with Gasteiger partial charge in [0, 0.05) is 23.8 Å². The van der Waals surface area contributed by atoms with Crippen molar-refractivity contribution in [3.05, 3.63) is 42.2 Å². The Morgan fingerprint density at radius 2 is 2.12 bits per heavy atom. The zero-order valence-electron chi connectivity index (χ0n) is 9.97. The number of nitrogens with zero attached hydrogens (tertiary/aromatic N) is 1. The van der Waals surface area contributed by atoms with E-state index in [1.165, 1.54) is 35.6 Å². The number of aromatic nitrogens is 1. The van der Waals surface area contributed by atoms with Crippen LogP contribution in [0.2, 0.25) is 0 Å². The molecule has 1 aromatic carbocycles. The van der Waals surface area contributed by atoms with Crippen LogP contribution < -0.4 is 5.73 Å². The van der Waals surface area contributed by atoms with Crippen LogP contribution in [0, 0.1) is 0 Å². The van der Waals surface area contributed by atoms with E-state index < -0.39 is 0 Å². The minimum absolute atomic E-state index is 0.380. The fourth-order valence-corrected chi connectivity index (χ4v) is 3.01. The van der Waals surface area contributed by atoms with E-state index in [1.54, 1.807) is 0 Å². The molecule has 3 rings (SSSR count). The Morgan fingerprint density at radius 1 is 1.18 bits per heavy atom. The summed E-state index contributed by atoms with van der Waals surface area (Å²) in [6.07, 6.45) is 8.67. The molecule has 0 amide bonds. The van der Waals surface area contributed by atoms with E-state index in [2.05, 4.69) is 29.2 Å². The molecule has 1 heterocycles. The molecule has 1 aliphatic rings.